The molecule has 0 spiro atoms. The van der Waals surface area contributed by atoms with E-state index in [0.29, 0.717) is 0 Å². The van der Waals surface area contributed by atoms with Gasteiger partial charge in [-0.05, 0) is 49.9 Å². The average Bonchev–Trinajstić information content (AvgIpc) is 3.35. The SMILES string of the molecule is CC1(C2CC2)NC(=O)N(CC(=O)Nc2ccc(-n3cccn3)cc2C(F)(F)F)C1=O. The number of carbonyl (C=O) groups is 3. The Morgan fingerprint density at radius 3 is 2.67 bits per heavy atom. The Kier molecular flexibility index (Phi) is 4.55. The third-order valence-electron chi connectivity index (χ3n) is 5.35. The molecule has 0 radical (unpaired) electrons. The van der Waals surface area contributed by atoms with Crippen LogP contribution < -0.4 is 10.6 Å². The number of rotatable bonds is 5. The number of carbonyl (C=O) groups excluding carboxylic acids is 3. The number of nitrogens with one attached hydrogen (secondary N) is 2. The molecule has 1 unspecified atom stereocenters. The van der Waals surface area contributed by atoms with Crippen LogP contribution in [0, 0.1) is 5.92 Å². The highest BCUT2D eigenvalue weighted by Crippen LogP contribution is 2.42. The van der Waals surface area contributed by atoms with E-state index in [1.807, 2.05) is 0 Å². The van der Waals surface area contributed by atoms with Crippen molar-refractivity contribution in [3.05, 3.63) is 42.2 Å². The highest BCUT2D eigenvalue weighted by molar-refractivity contribution is 6.10. The summed E-state index contributed by atoms with van der Waals surface area (Å²) in [6.45, 7) is 0.920. The number of nitrogens with zero attached hydrogens (tertiary/aromatic N) is 3. The predicted octanol–water partition coefficient (Wildman–Crippen LogP) is 2.55. The lowest BCUT2D eigenvalue weighted by Crippen LogP contribution is -2.46. The van der Waals surface area contributed by atoms with Crippen LogP contribution in [0.3, 0.4) is 0 Å². The van der Waals surface area contributed by atoms with Gasteiger partial charge in [0.25, 0.3) is 5.91 Å². The lowest BCUT2D eigenvalue weighted by Gasteiger charge is -2.21. The number of anilines is 1. The minimum Gasteiger partial charge on any atom is -0.324 e. The van der Waals surface area contributed by atoms with Crippen LogP contribution in [0.4, 0.5) is 23.7 Å². The minimum atomic E-state index is -4.74. The summed E-state index contributed by atoms with van der Waals surface area (Å²) in [5.74, 6) is -1.44. The van der Waals surface area contributed by atoms with Crippen LogP contribution in [-0.2, 0) is 15.8 Å². The topological polar surface area (TPSA) is 96.3 Å². The number of urea groups is 1. The first-order valence-electron chi connectivity index (χ1n) is 9.25. The minimum absolute atomic E-state index is 0.00804. The van der Waals surface area contributed by atoms with Crippen molar-refractivity contribution >= 4 is 23.5 Å². The molecular formula is C19H18F3N5O3. The molecule has 2 fully saturated rings. The zero-order valence-electron chi connectivity index (χ0n) is 15.9. The second kappa shape index (κ2) is 6.85. The second-order valence-electron chi connectivity index (χ2n) is 7.52. The van der Waals surface area contributed by atoms with Crippen LogP contribution in [0.5, 0.6) is 0 Å². The van der Waals surface area contributed by atoms with Crippen LogP contribution >= 0.6 is 0 Å². The van der Waals surface area contributed by atoms with Gasteiger partial charge in [-0.3, -0.25) is 14.5 Å². The molecule has 1 aliphatic carbocycles. The summed E-state index contributed by atoms with van der Waals surface area (Å²) < 4.78 is 41.9. The van der Waals surface area contributed by atoms with Crippen LogP contribution in [-0.4, -0.2) is 44.6 Å². The predicted molar refractivity (Wildman–Crippen MR) is 98.6 cm³/mol. The van der Waals surface area contributed by atoms with E-state index in [9.17, 15) is 27.6 Å². The zero-order chi connectivity index (χ0) is 21.7. The molecule has 11 heteroatoms. The third-order valence-corrected chi connectivity index (χ3v) is 5.35. The number of halogens is 3. The van der Waals surface area contributed by atoms with E-state index in [1.165, 1.54) is 23.1 Å². The summed E-state index contributed by atoms with van der Waals surface area (Å²) in [6, 6.07) is 4.18. The third kappa shape index (κ3) is 3.51. The normalized spacial score (nSPS) is 21.7. The Hall–Kier alpha value is -3.37. The zero-order valence-corrected chi connectivity index (χ0v) is 15.9. The molecule has 30 heavy (non-hydrogen) atoms. The largest absolute Gasteiger partial charge is 0.418 e. The van der Waals surface area contributed by atoms with E-state index in [1.54, 1.807) is 13.0 Å². The molecule has 0 bridgehead atoms. The van der Waals surface area contributed by atoms with Crippen molar-refractivity contribution in [2.45, 2.75) is 31.5 Å². The molecule has 2 aromatic rings. The first-order valence-corrected chi connectivity index (χ1v) is 9.25. The van der Waals surface area contributed by atoms with Gasteiger partial charge in [-0.25, -0.2) is 9.48 Å². The Labute approximate surface area is 169 Å². The van der Waals surface area contributed by atoms with Crippen molar-refractivity contribution in [3.8, 4) is 5.69 Å². The molecule has 4 amide bonds. The van der Waals surface area contributed by atoms with E-state index < -0.39 is 47.4 Å². The highest BCUT2D eigenvalue weighted by atomic mass is 19.4. The summed E-state index contributed by atoms with van der Waals surface area (Å²) in [5, 5.41) is 8.65. The number of hydrogen-bond acceptors (Lipinski definition) is 4. The van der Waals surface area contributed by atoms with Gasteiger partial charge in [0.05, 0.1) is 16.9 Å². The molecule has 2 aliphatic rings. The van der Waals surface area contributed by atoms with Crippen LogP contribution in [0.15, 0.2) is 36.7 Å². The van der Waals surface area contributed by atoms with Crippen molar-refractivity contribution in [2.75, 3.05) is 11.9 Å². The molecule has 158 valence electrons. The monoisotopic (exact) mass is 421 g/mol. The maximum absolute atomic E-state index is 13.5. The highest BCUT2D eigenvalue weighted by Gasteiger charge is 2.56. The molecule has 8 nitrogen and oxygen atoms in total. The smallest absolute Gasteiger partial charge is 0.324 e. The van der Waals surface area contributed by atoms with Gasteiger partial charge in [-0.2, -0.15) is 18.3 Å². The van der Waals surface area contributed by atoms with E-state index in [4.69, 9.17) is 0 Å². The van der Waals surface area contributed by atoms with Gasteiger partial charge in [-0.15, -0.1) is 0 Å². The van der Waals surface area contributed by atoms with E-state index in [-0.39, 0.29) is 11.6 Å². The van der Waals surface area contributed by atoms with E-state index in [0.717, 1.165) is 29.9 Å². The Bertz CT molecular complexity index is 1020. The van der Waals surface area contributed by atoms with E-state index >= 15 is 0 Å². The molecule has 1 atom stereocenters. The molecule has 1 aromatic heterocycles. The van der Waals surface area contributed by atoms with Crippen LogP contribution in [0.25, 0.3) is 5.69 Å². The maximum atomic E-state index is 13.5. The maximum Gasteiger partial charge on any atom is 0.418 e. The molecule has 2 N–H and O–H groups in total. The number of imide groups is 1. The number of benzene rings is 1. The second-order valence-corrected chi connectivity index (χ2v) is 7.52. The van der Waals surface area contributed by atoms with Gasteiger partial charge >= 0.3 is 12.2 Å². The lowest BCUT2D eigenvalue weighted by atomic mass is 9.96. The number of alkyl halides is 3. The fraction of sp³-hybridized carbons (Fsp3) is 0.368. The number of hydrogen-bond donors (Lipinski definition) is 2. The average molecular weight is 421 g/mol. The van der Waals surface area contributed by atoms with Crippen LogP contribution in [0.1, 0.15) is 25.3 Å². The van der Waals surface area contributed by atoms with Gasteiger partial charge in [0.2, 0.25) is 5.91 Å². The molecular weight excluding hydrogens is 403 g/mol. The quantitative estimate of drug-likeness (QED) is 0.726. The summed E-state index contributed by atoms with van der Waals surface area (Å²) >= 11 is 0. The summed E-state index contributed by atoms with van der Waals surface area (Å²) in [7, 11) is 0. The van der Waals surface area contributed by atoms with Gasteiger partial charge in [-0.1, -0.05) is 0 Å². The molecule has 4 rings (SSSR count). The fourth-order valence-electron chi connectivity index (χ4n) is 3.57. The van der Waals surface area contributed by atoms with Crippen molar-refractivity contribution in [3.63, 3.8) is 0 Å². The molecule has 2 heterocycles. The first-order chi connectivity index (χ1) is 14.1. The van der Waals surface area contributed by atoms with Crippen molar-refractivity contribution in [1.29, 1.82) is 0 Å². The lowest BCUT2D eigenvalue weighted by molar-refractivity contribution is -0.137. The van der Waals surface area contributed by atoms with Crippen molar-refractivity contribution in [2.24, 2.45) is 5.92 Å². The Morgan fingerprint density at radius 2 is 2.07 bits per heavy atom. The van der Waals surface area contributed by atoms with Crippen LogP contribution in [0.2, 0.25) is 0 Å². The van der Waals surface area contributed by atoms with Crippen molar-refractivity contribution < 1.29 is 27.6 Å². The van der Waals surface area contributed by atoms with Gasteiger partial charge < -0.3 is 10.6 Å². The number of amides is 4. The van der Waals surface area contributed by atoms with Gasteiger partial charge in [0, 0.05) is 12.4 Å². The summed E-state index contributed by atoms with van der Waals surface area (Å²) in [4.78, 5) is 37.8. The fourth-order valence-corrected chi connectivity index (χ4v) is 3.57. The molecule has 1 aliphatic heterocycles. The summed E-state index contributed by atoms with van der Waals surface area (Å²) in [5.41, 5.74) is -2.44. The molecule has 1 saturated carbocycles. The molecule has 1 saturated heterocycles. The Morgan fingerprint density at radius 1 is 1.33 bits per heavy atom. The first kappa shape index (κ1) is 19.9. The van der Waals surface area contributed by atoms with Crippen molar-refractivity contribution in [1.82, 2.24) is 20.0 Å². The number of aromatic nitrogens is 2. The standard InChI is InChI=1S/C19H18F3N5O3/c1-18(11-3-4-11)16(29)26(17(30)25-18)10-15(28)24-14-6-5-12(27-8-2-7-23-27)9-13(14)19(20,21)22/h2,5-9,11H,3-4,10H2,1H3,(H,24,28)(H,25,30). The van der Waals surface area contributed by atoms with Gasteiger partial charge in [0.1, 0.15) is 12.1 Å². The Balaban J connectivity index is 1.53. The van der Waals surface area contributed by atoms with E-state index in [2.05, 4.69) is 15.7 Å². The molecule has 1 aromatic carbocycles. The van der Waals surface area contributed by atoms with Gasteiger partial charge in [0.15, 0.2) is 0 Å². The summed E-state index contributed by atoms with van der Waals surface area (Å²) in [6.07, 6.45) is -0.240.